The quantitative estimate of drug-likeness (QED) is 0.861. The molecule has 1 atom stereocenters. The number of aromatic nitrogens is 2. The Morgan fingerprint density at radius 3 is 2.85 bits per heavy atom. The number of halogens is 3. The average Bonchev–Trinajstić information content (AvgIpc) is 2.77. The van der Waals surface area contributed by atoms with Crippen molar-refractivity contribution in [2.45, 2.75) is 12.6 Å². The fourth-order valence-electron chi connectivity index (χ4n) is 1.87. The zero-order chi connectivity index (χ0) is 14.7. The summed E-state index contributed by atoms with van der Waals surface area (Å²) in [7, 11) is 1.61. The van der Waals surface area contributed by atoms with Crippen LogP contribution in [0.3, 0.4) is 0 Å². The Labute approximate surface area is 135 Å². The third kappa shape index (κ3) is 3.35. The number of aliphatic hydroxyl groups is 1. The van der Waals surface area contributed by atoms with Crippen LogP contribution in [0.1, 0.15) is 17.4 Å². The first-order chi connectivity index (χ1) is 9.54. The highest BCUT2D eigenvalue weighted by Crippen LogP contribution is 2.33. The van der Waals surface area contributed by atoms with Crippen LogP contribution in [-0.2, 0) is 11.3 Å². The molecule has 1 unspecified atom stereocenters. The summed E-state index contributed by atoms with van der Waals surface area (Å²) < 4.78 is 7.37. The van der Waals surface area contributed by atoms with Crippen LogP contribution < -0.4 is 0 Å². The summed E-state index contributed by atoms with van der Waals surface area (Å²) >= 11 is 15.4. The fraction of sp³-hybridized carbons (Fsp3) is 0.308. The maximum atomic E-state index is 10.6. The lowest BCUT2D eigenvalue weighted by Crippen LogP contribution is -2.14. The molecule has 7 heteroatoms. The molecule has 0 aliphatic carbocycles. The van der Waals surface area contributed by atoms with Crippen LogP contribution in [-0.4, -0.2) is 28.6 Å². The van der Waals surface area contributed by atoms with E-state index in [9.17, 15) is 5.11 Å². The molecule has 108 valence electrons. The molecular formula is C13H13BrCl2N2O2. The first-order valence-corrected chi connectivity index (χ1v) is 7.42. The van der Waals surface area contributed by atoms with Gasteiger partial charge in [-0.25, -0.2) is 0 Å². The molecule has 0 aliphatic rings. The van der Waals surface area contributed by atoms with Crippen molar-refractivity contribution in [2.75, 3.05) is 13.7 Å². The van der Waals surface area contributed by atoms with Crippen molar-refractivity contribution < 1.29 is 9.84 Å². The number of nitrogens with zero attached hydrogens (tertiary/aromatic N) is 2. The lowest BCUT2D eigenvalue weighted by molar-refractivity contribution is 0.171. The van der Waals surface area contributed by atoms with Gasteiger partial charge in [-0.2, -0.15) is 5.10 Å². The number of ether oxygens (including phenoxy) is 1. The lowest BCUT2D eigenvalue weighted by atomic mass is 10.1. The summed E-state index contributed by atoms with van der Waals surface area (Å²) in [6.07, 6.45) is 0.619. The molecule has 1 heterocycles. The summed E-state index contributed by atoms with van der Waals surface area (Å²) in [5, 5.41) is 15.7. The average molecular weight is 380 g/mol. The Morgan fingerprint density at radius 1 is 1.45 bits per heavy atom. The second-order valence-electron chi connectivity index (χ2n) is 4.16. The zero-order valence-corrected chi connectivity index (χ0v) is 13.8. The topological polar surface area (TPSA) is 47.3 Å². The summed E-state index contributed by atoms with van der Waals surface area (Å²) in [6, 6.07) is 5.19. The lowest BCUT2D eigenvalue weighted by Gasteiger charge is -2.16. The van der Waals surface area contributed by atoms with E-state index in [-0.39, 0.29) is 0 Å². The molecule has 0 saturated heterocycles. The van der Waals surface area contributed by atoms with Gasteiger partial charge in [-0.1, -0.05) is 45.2 Å². The number of hydrogen-bond donors (Lipinski definition) is 1. The predicted octanol–water partition coefficient (Wildman–Crippen LogP) is 3.68. The molecule has 1 N–H and O–H groups in total. The van der Waals surface area contributed by atoms with Gasteiger partial charge in [0.2, 0.25) is 0 Å². The molecule has 0 amide bonds. The van der Waals surface area contributed by atoms with Crippen molar-refractivity contribution in [3.8, 4) is 0 Å². The third-order valence-corrected chi connectivity index (χ3v) is 4.07. The predicted molar refractivity (Wildman–Crippen MR) is 82.3 cm³/mol. The fourth-order valence-corrected chi connectivity index (χ4v) is 3.01. The van der Waals surface area contributed by atoms with E-state index in [2.05, 4.69) is 21.0 Å². The van der Waals surface area contributed by atoms with E-state index in [1.54, 1.807) is 30.0 Å². The molecule has 1 aromatic heterocycles. The minimum atomic E-state index is -0.895. The SMILES string of the molecule is COCCn1ncc(Cl)c1C(O)c1ccc(Cl)cc1Br. The van der Waals surface area contributed by atoms with Crippen LogP contribution >= 0.6 is 39.1 Å². The van der Waals surface area contributed by atoms with Gasteiger partial charge in [-0.05, 0) is 12.1 Å². The van der Waals surface area contributed by atoms with Crippen molar-refractivity contribution >= 4 is 39.1 Å². The second kappa shape index (κ2) is 6.91. The van der Waals surface area contributed by atoms with Crippen LogP contribution in [0.2, 0.25) is 10.0 Å². The van der Waals surface area contributed by atoms with E-state index >= 15 is 0 Å². The minimum absolute atomic E-state index is 0.412. The van der Waals surface area contributed by atoms with Crippen LogP contribution in [0.4, 0.5) is 0 Å². The Morgan fingerprint density at radius 2 is 2.20 bits per heavy atom. The largest absolute Gasteiger partial charge is 0.383 e. The van der Waals surface area contributed by atoms with Gasteiger partial charge in [0.1, 0.15) is 6.10 Å². The van der Waals surface area contributed by atoms with Crippen molar-refractivity contribution in [3.05, 3.63) is 50.2 Å². The van der Waals surface area contributed by atoms with E-state index in [0.29, 0.717) is 38.9 Å². The minimum Gasteiger partial charge on any atom is -0.383 e. The van der Waals surface area contributed by atoms with Crippen molar-refractivity contribution in [3.63, 3.8) is 0 Å². The van der Waals surface area contributed by atoms with Gasteiger partial charge in [0, 0.05) is 22.2 Å². The zero-order valence-electron chi connectivity index (χ0n) is 10.7. The molecule has 0 fully saturated rings. The van der Waals surface area contributed by atoms with Gasteiger partial charge in [0.05, 0.1) is 30.1 Å². The highest BCUT2D eigenvalue weighted by Gasteiger charge is 2.21. The standard InChI is InChI=1S/C13H13BrCl2N2O2/c1-20-5-4-18-12(11(16)7-17-18)13(19)9-3-2-8(15)6-10(9)14/h2-3,6-7,13,19H,4-5H2,1H3. The highest BCUT2D eigenvalue weighted by molar-refractivity contribution is 9.10. The number of benzene rings is 1. The molecule has 20 heavy (non-hydrogen) atoms. The van der Waals surface area contributed by atoms with E-state index in [1.165, 1.54) is 6.20 Å². The first-order valence-electron chi connectivity index (χ1n) is 5.87. The van der Waals surface area contributed by atoms with Gasteiger partial charge in [0.25, 0.3) is 0 Å². The summed E-state index contributed by atoms with van der Waals surface area (Å²) in [4.78, 5) is 0. The maximum Gasteiger partial charge on any atom is 0.123 e. The summed E-state index contributed by atoms with van der Waals surface area (Å²) in [6.45, 7) is 1.00. The van der Waals surface area contributed by atoms with E-state index in [0.717, 1.165) is 0 Å². The van der Waals surface area contributed by atoms with Crippen LogP contribution in [0.15, 0.2) is 28.9 Å². The van der Waals surface area contributed by atoms with Gasteiger partial charge >= 0.3 is 0 Å². The van der Waals surface area contributed by atoms with Gasteiger partial charge in [0.15, 0.2) is 0 Å². The molecule has 0 aliphatic heterocycles. The van der Waals surface area contributed by atoms with Gasteiger partial charge in [-0.15, -0.1) is 0 Å². The van der Waals surface area contributed by atoms with Gasteiger partial charge < -0.3 is 9.84 Å². The Balaban J connectivity index is 2.37. The van der Waals surface area contributed by atoms with E-state index in [4.69, 9.17) is 27.9 Å². The van der Waals surface area contributed by atoms with E-state index in [1.807, 2.05) is 0 Å². The molecule has 2 aromatic rings. The van der Waals surface area contributed by atoms with Crippen molar-refractivity contribution in [2.24, 2.45) is 0 Å². The number of hydrogen-bond acceptors (Lipinski definition) is 3. The van der Waals surface area contributed by atoms with Crippen LogP contribution in [0.25, 0.3) is 0 Å². The van der Waals surface area contributed by atoms with E-state index < -0.39 is 6.10 Å². The smallest absolute Gasteiger partial charge is 0.123 e. The van der Waals surface area contributed by atoms with Gasteiger partial charge in [-0.3, -0.25) is 4.68 Å². The Kier molecular flexibility index (Phi) is 5.46. The van der Waals surface area contributed by atoms with Crippen molar-refractivity contribution in [1.82, 2.24) is 9.78 Å². The molecule has 2 rings (SSSR count). The molecule has 0 saturated carbocycles. The van der Waals surface area contributed by atoms with Crippen LogP contribution in [0, 0.1) is 0 Å². The third-order valence-electron chi connectivity index (χ3n) is 2.86. The molecule has 4 nitrogen and oxygen atoms in total. The highest BCUT2D eigenvalue weighted by atomic mass is 79.9. The van der Waals surface area contributed by atoms with Crippen molar-refractivity contribution in [1.29, 1.82) is 0 Å². The second-order valence-corrected chi connectivity index (χ2v) is 5.86. The number of methoxy groups -OCH3 is 1. The first kappa shape index (κ1) is 15.8. The molecule has 1 aromatic carbocycles. The molecule has 0 bridgehead atoms. The summed E-state index contributed by atoms with van der Waals surface area (Å²) in [5.74, 6) is 0. The molecule has 0 radical (unpaired) electrons. The molecular weight excluding hydrogens is 367 g/mol. The number of aliphatic hydroxyl groups excluding tert-OH is 1. The normalized spacial score (nSPS) is 12.7. The number of rotatable bonds is 5. The maximum absolute atomic E-state index is 10.6. The Bertz CT molecular complexity index is 604. The van der Waals surface area contributed by atoms with Crippen LogP contribution in [0.5, 0.6) is 0 Å². The summed E-state index contributed by atoms with van der Waals surface area (Å²) in [5.41, 5.74) is 1.21. The Hall–Kier alpha value is -0.590. The molecule has 0 spiro atoms. The monoisotopic (exact) mass is 378 g/mol.